The van der Waals surface area contributed by atoms with Crippen molar-refractivity contribution in [2.75, 3.05) is 0 Å². The first-order valence-corrected chi connectivity index (χ1v) is 0. The summed E-state index contributed by atoms with van der Waals surface area (Å²) in [5.41, 5.74) is 0. The van der Waals surface area contributed by atoms with Gasteiger partial charge in [0.05, 0.1) is 0 Å². The van der Waals surface area contributed by atoms with E-state index in [1.54, 1.807) is 0 Å². The van der Waals surface area contributed by atoms with Gasteiger partial charge in [0.25, 0.3) is 0 Å². The van der Waals surface area contributed by atoms with Crippen molar-refractivity contribution in [1.82, 2.24) is 0 Å². The molecule has 72 valence electrons. The van der Waals surface area contributed by atoms with Crippen LogP contribution in [-0.4, -0.2) is 67.6 Å². The van der Waals surface area contributed by atoms with Gasteiger partial charge in [-0.1, -0.05) is 0 Å². The molecule has 0 aromatic carbocycles. The van der Waals surface area contributed by atoms with Gasteiger partial charge in [0.15, 0.2) is 0 Å². The average Bonchev–Trinajstić information content (AvgIpc) is 0. The summed E-state index contributed by atoms with van der Waals surface area (Å²) in [6.45, 7) is 0. The molecule has 0 radical (unpaired) electrons. The summed E-state index contributed by atoms with van der Waals surface area (Å²) in [6, 6.07) is 0. The van der Waals surface area contributed by atoms with Crippen molar-refractivity contribution in [1.29, 1.82) is 0 Å². The molecule has 0 fully saturated rings. The van der Waals surface area contributed by atoms with Crippen molar-refractivity contribution in [2.24, 2.45) is 0 Å². The molecular formula is Al2O9Si3. The molecule has 0 spiro atoms. The Kier molecular flexibility index (Phi) is 171000. The van der Waals surface area contributed by atoms with Crippen LogP contribution < -0.4 is 0 Å². The first kappa shape index (κ1) is 1720. The van der Waals surface area contributed by atoms with Gasteiger partial charge in [0, 0.05) is 0 Å². The van der Waals surface area contributed by atoms with Gasteiger partial charge < -0.3 is 49.3 Å². The van der Waals surface area contributed by atoms with Crippen molar-refractivity contribution in [3.63, 3.8) is 0 Å². The second-order valence-electron chi connectivity index (χ2n) is 0. The Labute approximate surface area is 117 Å². The largest absolute Gasteiger partial charge is 4.00 e. The van der Waals surface area contributed by atoms with Crippen LogP contribution in [-0.2, 0) is 49.3 Å². The van der Waals surface area contributed by atoms with E-state index in [4.69, 9.17) is 0 Å². The monoisotopic (exact) mass is 282 g/mol. The summed E-state index contributed by atoms with van der Waals surface area (Å²) in [5, 5.41) is 0. The second-order valence-corrected chi connectivity index (χ2v) is 0. The third-order valence-electron chi connectivity index (χ3n) is 0. The maximum atomic E-state index is 0. The van der Waals surface area contributed by atoms with E-state index in [1.165, 1.54) is 0 Å². The summed E-state index contributed by atoms with van der Waals surface area (Å²) in [6.07, 6.45) is 0. The van der Waals surface area contributed by atoms with Gasteiger partial charge in [-0.3, -0.25) is 0 Å². The predicted molar refractivity (Wildman–Crippen MR) is 34.9 cm³/mol. The summed E-state index contributed by atoms with van der Waals surface area (Å²) < 4.78 is 0. The summed E-state index contributed by atoms with van der Waals surface area (Å²) in [4.78, 5) is 0. The Hall–Kier alpha value is 1.36. The first-order valence-electron chi connectivity index (χ1n) is 0. The van der Waals surface area contributed by atoms with Gasteiger partial charge >= 0.3 is 67.6 Å². The van der Waals surface area contributed by atoms with Gasteiger partial charge in [0.2, 0.25) is 0 Å². The molecular weight excluding hydrogens is 282 g/mol. The second kappa shape index (κ2) is 1390. The predicted octanol–water partition coefficient (Wildman–Crippen LogP) is -2.97. The molecule has 0 N–H and O–H groups in total. The molecule has 0 aromatic rings. The first-order chi connectivity index (χ1) is 0. The van der Waals surface area contributed by atoms with Crippen molar-refractivity contribution < 1.29 is 49.3 Å². The van der Waals surface area contributed by atoms with Crippen LogP contribution in [0, 0.1) is 0 Å². The number of hydrogen-bond donors (Lipinski definition) is 0. The van der Waals surface area contributed by atoms with Gasteiger partial charge in [0.1, 0.15) is 0 Å². The van der Waals surface area contributed by atoms with E-state index >= 15 is 0 Å². The molecule has 0 aromatic heterocycles. The third-order valence-corrected chi connectivity index (χ3v) is 0. The third kappa shape index (κ3) is 1110. The SMILES string of the molecule is [Al+3].[Al+3].[O-2].[O-2].[O-2].[O-2].[O-2].[O-2].[O-2].[O-2].[O-2].[Si+4].[Si+4].[Si+4]. The minimum absolute atomic E-state index is 0. The smallest absolute Gasteiger partial charge is 2.00 e. The molecule has 0 aliphatic carbocycles. The molecule has 0 aliphatic rings. The minimum atomic E-state index is 0. The Morgan fingerprint density at radius 3 is 0.214 bits per heavy atom. The van der Waals surface area contributed by atoms with E-state index in [0.717, 1.165) is 0 Å². The van der Waals surface area contributed by atoms with Gasteiger partial charge in [-0.05, 0) is 0 Å². The zero-order chi connectivity index (χ0) is 0. The zero-order valence-electron chi connectivity index (χ0n) is 6.33. The van der Waals surface area contributed by atoms with Crippen LogP contribution in [0.3, 0.4) is 0 Å². The quantitative estimate of drug-likeness (QED) is 0.403. The molecule has 0 unspecified atom stereocenters. The molecule has 0 atom stereocenters. The van der Waals surface area contributed by atoms with E-state index in [-0.39, 0.29) is 117 Å². The van der Waals surface area contributed by atoms with Gasteiger partial charge in [-0.2, -0.15) is 0 Å². The van der Waals surface area contributed by atoms with E-state index in [9.17, 15) is 0 Å². The summed E-state index contributed by atoms with van der Waals surface area (Å²) in [7, 11) is 0. The standard InChI is InChI=1S/2Al.9O.3Si/q2*+3;9*-2;3*+4. The van der Waals surface area contributed by atoms with Crippen LogP contribution in [0.1, 0.15) is 0 Å². The number of hydrogen-bond acceptors (Lipinski definition) is 0. The Morgan fingerprint density at radius 2 is 0.214 bits per heavy atom. The number of rotatable bonds is 0. The summed E-state index contributed by atoms with van der Waals surface area (Å²) >= 11 is 0. The van der Waals surface area contributed by atoms with E-state index in [1.807, 2.05) is 0 Å². The molecule has 0 heterocycles. The zero-order valence-corrected chi connectivity index (χ0v) is 11.6. The van der Waals surface area contributed by atoms with E-state index in [2.05, 4.69) is 0 Å². The molecule has 0 bridgehead atoms. The van der Waals surface area contributed by atoms with Crippen LogP contribution in [0.5, 0.6) is 0 Å². The van der Waals surface area contributed by atoms with Crippen molar-refractivity contribution >= 4 is 67.6 Å². The fourth-order valence-corrected chi connectivity index (χ4v) is 0. The van der Waals surface area contributed by atoms with Crippen LogP contribution in [0.25, 0.3) is 0 Å². The molecule has 0 amide bonds. The maximum Gasteiger partial charge on any atom is 4.00 e. The van der Waals surface area contributed by atoms with E-state index < -0.39 is 0 Å². The fraction of sp³-hybridized carbons (Fsp3) is 0. The minimum Gasteiger partial charge on any atom is -2.00 e. The Bertz CT molecular complexity index is 18.0. The Morgan fingerprint density at radius 1 is 0.214 bits per heavy atom. The fourth-order valence-electron chi connectivity index (χ4n) is 0. The molecule has 9 nitrogen and oxygen atoms in total. The van der Waals surface area contributed by atoms with Crippen molar-refractivity contribution in [2.45, 2.75) is 0 Å². The topological polar surface area (TPSA) is 256 Å². The molecule has 0 saturated heterocycles. The van der Waals surface area contributed by atoms with Gasteiger partial charge in [-0.25, -0.2) is 0 Å². The van der Waals surface area contributed by atoms with Crippen molar-refractivity contribution in [3.8, 4) is 0 Å². The average molecular weight is 282 g/mol. The molecule has 14 heavy (non-hydrogen) atoms. The van der Waals surface area contributed by atoms with Gasteiger partial charge in [-0.15, -0.1) is 0 Å². The van der Waals surface area contributed by atoms with E-state index in [0.29, 0.717) is 0 Å². The maximum absolute atomic E-state index is 0. The molecule has 14 heteroatoms. The van der Waals surface area contributed by atoms with Crippen LogP contribution in [0.15, 0.2) is 0 Å². The van der Waals surface area contributed by atoms with Crippen LogP contribution in [0.2, 0.25) is 0 Å². The van der Waals surface area contributed by atoms with Crippen molar-refractivity contribution in [3.05, 3.63) is 0 Å². The molecule has 0 saturated carbocycles. The van der Waals surface area contributed by atoms with Crippen LogP contribution >= 0.6 is 0 Å². The molecule has 0 rings (SSSR count). The normalized spacial score (nSPS) is 0. The molecule has 0 aliphatic heterocycles. The summed E-state index contributed by atoms with van der Waals surface area (Å²) in [5.74, 6) is 0. The van der Waals surface area contributed by atoms with Crippen LogP contribution in [0.4, 0.5) is 0 Å². The Balaban J connectivity index is 0.